The number of rotatable bonds is 5. The maximum Gasteiger partial charge on any atom is 0.270 e. The predicted octanol–water partition coefficient (Wildman–Crippen LogP) is 2.36. The number of hydrogen-bond acceptors (Lipinski definition) is 6. The molecule has 26 heavy (non-hydrogen) atoms. The molecule has 0 fully saturated rings. The lowest BCUT2D eigenvalue weighted by molar-refractivity contribution is -0.385. The highest BCUT2D eigenvalue weighted by Crippen LogP contribution is 2.35. The smallest absolute Gasteiger partial charge is 0.270 e. The first-order valence-corrected chi connectivity index (χ1v) is 9.29. The molecule has 0 spiro atoms. The van der Waals surface area contributed by atoms with Crippen LogP contribution in [-0.4, -0.2) is 38.4 Å². The molecule has 0 N–H and O–H groups in total. The molecule has 2 aromatic rings. The van der Waals surface area contributed by atoms with Gasteiger partial charge in [-0.3, -0.25) is 10.1 Å². The van der Waals surface area contributed by atoms with E-state index in [2.05, 4.69) is 0 Å². The van der Waals surface area contributed by atoms with Crippen LogP contribution in [0.2, 0.25) is 0 Å². The van der Waals surface area contributed by atoms with E-state index < -0.39 is 14.9 Å². The summed E-state index contributed by atoms with van der Waals surface area (Å²) < 4.78 is 37.8. The fourth-order valence-electron chi connectivity index (χ4n) is 2.99. The Labute approximate surface area is 151 Å². The first-order valence-electron chi connectivity index (χ1n) is 7.85. The van der Waals surface area contributed by atoms with Crippen LogP contribution in [0, 0.1) is 10.1 Å². The predicted molar refractivity (Wildman–Crippen MR) is 93.9 cm³/mol. The molecule has 1 aliphatic rings. The van der Waals surface area contributed by atoms with E-state index >= 15 is 0 Å². The van der Waals surface area contributed by atoms with E-state index in [0.717, 1.165) is 17.2 Å². The number of non-ortho nitro benzene ring substituents is 1. The zero-order valence-corrected chi connectivity index (χ0v) is 15.2. The van der Waals surface area contributed by atoms with Crippen LogP contribution in [0.5, 0.6) is 11.5 Å². The molecule has 1 aliphatic heterocycles. The van der Waals surface area contributed by atoms with Crippen molar-refractivity contribution in [1.29, 1.82) is 0 Å². The van der Waals surface area contributed by atoms with Crippen molar-refractivity contribution < 1.29 is 22.8 Å². The van der Waals surface area contributed by atoms with Gasteiger partial charge in [-0.25, -0.2) is 8.42 Å². The number of hydrogen-bond donors (Lipinski definition) is 0. The van der Waals surface area contributed by atoms with Crippen LogP contribution in [0.25, 0.3) is 0 Å². The summed E-state index contributed by atoms with van der Waals surface area (Å²) in [5.74, 6) is 1.20. The molecule has 3 rings (SSSR count). The van der Waals surface area contributed by atoms with Gasteiger partial charge in [-0.1, -0.05) is 6.07 Å². The molecular formula is C17H18N2O6S. The highest BCUT2D eigenvalue weighted by Gasteiger charge is 2.31. The average Bonchev–Trinajstić information content (AvgIpc) is 2.66. The van der Waals surface area contributed by atoms with Gasteiger partial charge in [-0.15, -0.1) is 0 Å². The Balaban J connectivity index is 1.97. The van der Waals surface area contributed by atoms with E-state index in [9.17, 15) is 18.5 Å². The van der Waals surface area contributed by atoms with Crippen molar-refractivity contribution >= 4 is 15.7 Å². The molecule has 0 aliphatic carbocycles. The first-order chi connectivity index (χ1) is 12.4. The van der Waals surface area contributed by atoms with Crippen LogP contribution in [0.3, 0.4) is 0 Å². The number of methoxy groups -OCH3 is 2. The third-order valence-corrected chi connectivity index (χ3v) is 6.20. The van der Waals surface area contributed by atoms with Crippen molar-refractivity contribution in [2.24, 2.45) is 0 Å². The molecule has 138 valence electrons. The Hall–Kier alpha value is -2.65. The molecule has 0 saturated heterocycles. The van der Waals surface area contributed by atoms with Gasteiger partial charge in [-0.05, 0) is 24.1 Å². The molecule has 0 unspecified atom stereocenters. The summed E-state index contributed by atoms with van der Waals surface area (Å²) in [7, 11) is -0.784. The standard InChI is InChI=1S/C17H18N2O6S/c1-24-14-8-12-6-7-18(11-16(12)17(10-14)25-2)26(22,23)15-5-3-4-13(9-15)19(20)21/h3-5,8-10H,6-7,11H2,1-2H3. The maximum atomic E-state index is 12.9. The number of benzene rings is 2. The lowest BCUT2D eigenvalue weighted by atomic mass is 9.99. The van der Waals surface area contributed by atoms with Crippen molar-refractivity contribution in [3.05, 3.63) is 57.6 Å². The number of ether oxygens (including phenoxy) is 2. The third kappa shape index (κ3) is 3.23. The number of nitro groups is 1. The minimum absolute atomic E-state index is 0.0948. The summed E-state index contributed by atoms with van der Waals surface area (Å²) in [6, 6.07) is 8.66. The van der Waals surface area contributed by atoms with E-state index in [0.29, 0.717) is 17.9 Å². The van der Waals surface area contributed by atoms with Crippen LogP contribution >= 0.6 is 0 Å². The van der Waals surface area contributed by atoms with Gasteiger partial charge in [0.2, 0.25) is 10.0 Å². The zero-order valence-electron chi connectivity index (χ0n) is 14.3. The molecule has 0 aromatic heterocycles. The molecule has 0 bridgehead atoms. The Morgan fingerprint density at radius 2 is 1.92 bits per heavy atom. The van der Waals surface area contributed by atoms with Gasteiger partial charge >= 0.3 is 0 Å². The molecule has 9 heteroatoms. The minimum atomic E-state index is -3.86. The molecule has 2 aromatic carbocycles. The van der Waals surface area contributed by atoms with E-state index in [4.69, 9.17) is 9.47 Å². The fourth-order valence-corrected chi connectivity index (χ4v) is 4.44. The molecule has 0 saturated carbocycles. The summed E-state index contributed by atoms with van der Waals surface area (Å²) in [6.07, 6.45) is 0.497. The average molecular weight is 378 g/mol. The normalized spacial score (nSPS) is 14.5. The van der Waals surface area contributed by atoms with Crippen LogP contribution in [0.15, 0.2) is 41.3 Å². The summed E-state index contributed by atoms with van der Waals surface area (Å²) in [6.45, 7) is 0.405. The van der Waals surface area contributed by atoms with Crippen LogP contribution in [0.4, 0.5) is 5.69 Å². The van der Waals surface area contributed by atoms with Gasteiger partial charge < -0.3 is 9.47 Å². The Bertz CT molecular complexity index is 940. The number of sulfonamides is 1. The van der Waals surface area contributed by atoms with Gasteiger partial charge in [-0.2, -0.15) is 4.31 Å². The minimum Gasteiger partial charge on any atom is -0.497 e. The number of nitrogens with zero attached hydrogens (tertiary/aromatic N) is 2. The zero-order chi connectivity index (χ0) is 18.9. The Morgan fingerprint density at radius 1 is 1.15 bits per heavy atom. The summed E-state index contributed by atoms with van der Waals surface area (Å²) in [4.78, 5) is 10.2. The molecule has 8 nitrogen and oxygen atoms in total. The number of nitro benzene ring substituents is 1. The molecule has 0 atom stereocenters. The Morgan fingerprint density at radius 3 is 2.58 bits per heavy atom. The Kier molecular flexibility index (Phi) is 4.84. The molecule has 0 amide bonds. The van der Waals surface area contributed by atoms with Crippen LogP contribution in [-0.2, 0) is 23.0 Å². The molecule has 0 radical (unpaired) electrons. The van der Waals surface area contributed by atoms with Gasteiger partial charge in [0.05, 0.1) is 24.0 Å². The third-order valence-electron chi connectivity index (χ3n) is 4.36. The summed E-state index contributed by atoms with van der Waals surface area (Å²) in [5.41, 5.74) is 1.48. The highest BCUT2D eigenvalue weighted by molar-refractivity contribution is 7.89. The monoisotopic (exact) mass is 378 g/mol. The lowest BCUT2D eigenvalue weighted by Gasteiger charge is -2.29. The SMILES string of the molecule is COc1cc2c(c(OC)c1)CN(S(=O)(=O)c1cccc([N+](=O)[O-])c1)CC2. The van der Waals surface area contributed by atoms with Gasteiger partial charge in [0.1, 0.15) is 11.5 Å². The van der Waals surface area contributed by atoms with E-state index in [1.54, 1.807) is 13.2 Å². The first kappa shape index (κ1) is 18.2. The van der Waals surface area contributed by atoms with Crippen molar-refractivity contribution in [3.8, 4) is 11.5 Å². The van der Waals surface area contributed by atoms with Gasteiger partial charge in [0.15, 0.2) is 0 Å². The largest absolute Gasteiger partial charge is 0.497 e. The van der Waals surface area contributed by atoms with Gasteiger partial charge in [0.25, 0.3) is 5.69 Å². The van der Waals surface area contributed by atoms with Crippen molar-refractivity contribution in [2.75, 3.05) is 20.8 Å². The summed E-state index contributed by atoms with van der Waals surface area (Å²) >= 11 is 0. The van der Waals surface area contributed by atoms with Crippen molar-refractivity contribution in [3.63, 3.8) is 0 Å². The van der Waals surface area contributed by atoms with Crippen LogP contribution in [0.1, 0.15) is 11.1 Å². The van der Waals surface area contributed by atoms with E-state index in [1.807, 2.05) is 6.07 Å². The van der Waals surface area contributed by atoms with Crippen LogP contribution < -0.4 is 9.47 Å². The molecular weight excluding hydrogens is 360 g/mol. The topological polar surface area (TPSA) is 99.0 Å². The van der Waals surface area contributed by atoms with Crippen molar-refractivity contribution in [2.45, 2.75) is 17.9 Å². The second-order valence-corrected chi connectivity index (χ2v) is 7.75. The fraction of sp³-hybridized carbons (Fsp3) is 0.294. The van der Waals surface area contributed by atoms with E-state index in [1.165, 1.54) is 29.6 Å². The molecule has 1 heterocycles. The lowest BCUT2D eigenvalue weighted by Crippen LogP contribution is -2.36. The second-order valence-electron chi connectivity index (χ2n) is 5.81. The summed E-state index contributed by atoms with van der Waals surface area (Å²) in [5, 5.41) is 10.9. The second kappa shape index (κ2) is 6.93. The highest BCUT2D eigenvalue weighted by atomic mass is 32.2. The van der Waals surface area contributed by atoms with Crippen molar-refractivity contribution in [1.82, 2.24) is 4.31 Å². The maximum absolute atomic E-state index is 12.9. The van der Waals surface area contributed by atoms with Gasteiger partial charge in [0, 0.05) is 36.9 Å². The van der Waals surface area contributed by atoms with E-state index in [-0.39, 0.29) is 23.7 Å². The number of fused-ring (bicyclic) bond motifs is 1. The quantitative estimate of drug-likeness (QED) is 0.585.